The monoisotopic (exact) mass is 586 g/mol. The van der Waals surface area contributed by atoms with Crippen LogP contribution in [0.5, 0.6) is 5.75 Å². The Hall–Kier alpha value is -5.64. The molecular weight excluding hydrogens is 560 g/mol. The van der Waals surface area contributed by atoms with Crippen molar-refractivity contribution >= 4 is 34.5 Å². The predicted octanol–water partition coefficient (Wildman–Crippen LogP) is 0.618. The number of nitrogens with one attached hydrogen (secondary N) is 2. The summed E-state index contributed by atoms with van der Waals surface area (Å²) in [7, 11) is 1.44. The third kappa shape index (κ3) is 5.14. The van der Waals surface area contributed by atoms with Gasteiger partial charge in [-0.05, 0) is 22.6 Å². The Morgan fingerprint density at radius 1 is 1.09 bits per heavy atom. The van der Waals surface area contributed by atoms with E-state index in [-0.39, 0.29) is 30.2 Å². The van der Waals surface area contributed by atoms with Gasteiger partial charge in [-0.2, -0.15) is 9.78 Å². The van der Waals surface area contributed by atoms with Crippen LogP contribution < -0.4 is 9.64 Å². The number of tetrazole rings is 1. The number of hydrogen-bond acceptors (Lipinski definition) is 12. The van der Waals surface area contributed by atoms with Crippen molar-refractivity contribution in [2.75, 3.05) is 51.4 Å². The molecule has 6 rings (SSSR count). The molecule has 1 aliphatic rings. The number of para-hydroxylation sites is 1. The lowest BCUT2D eigenvalue weighted by atomic mass is 10.1. The maximum absolute atomic E-state index is 13.5. The zero-order valence-electron chi connectivity index (χ0n) is 22.9. The number of amides is 1. The van der Waals surface area contributed by atoms with Crippen molar-refractivity contribution in [3.8, 4) is 22.8 Å². The number of carbonyl (C=O) groups excluding carboxylic acids is 3. The number of ketones is 1. The average Bonchev–Trinajstić information content (AvgIpc) is 3.83. The summed E-state index contributed by atoms with van der Waals surface area (Å²) in [5, 5.41) is 28.1. The number of aromatic nitrogens is 8. The van der Waals surface area contributed by atoms with Gasteiger partial charge in [-0.3, -0.25) is 14.7 Å². The number of H-pyrrole nitrogens is 2. The van der Waals surface area contributed by atoms with E-state index in [0.29, 0.717) is 54.4 Å². The Balaban J connectivity index is 1.21. The van der Waals surface area contributed by atoms with Crippen LogP contribution in [0.2, 0.25) is 0 Å². The van der Waals surface area contributed by atoms with Crippen molar-refractivity contribution in [1.82, 2.24) is 45.3 Å². The highest BCUT2D eigenvalue weighted by molar-refractivity contribution is 6.45. The standard InChI is InChI=1S/C27H26N10O6/c1-42-20-15-29-22(18-13-19(31-30-18)26(41)43-12-11-38)23-21(20)17(14-28-23)24(39)25(40)35-7-9-36(10-8-35)27-32-33-34-37(27)16-5-3-2-4-6-16/h2-6,13-15,28,38H,7-12H2,1H3,(H,30,31). The smallest absolute Gasteiger partial charge is 0.356 e. The first-order valence-electron chi connectivity index (χ1n) is 13.3. The Bertz CT molecular complexity index is 1790. The van der Waals surface area contributed by atoms with E-state index in [2.05, 4.69) is 35.7 Å². The predicted molar refractivity (Wildman–Crippen MR) is 150 cm³/mol. The molecule has 3 N–H and O–H groups in total. The zero-order chi connectivity index (χ0) is 29.9. The molecule has 0 radical (unpaired) electrons. The summed E-state index contributed by atoms with van der Waals surface area (Å²) in [5.74, 6) is -1.22. The largest absolute Gasteiger partial charge is 0.494 e. The third-order valence-corrected chi connectivity index (χ3v) is 7.00. The number of carbonyl (C=O) groups is 3. The van der Waals surface area contributed by atoms with Crippen molar-refractivity contribution in [1.29, 1.82) is 0 Å². The molecule has 16 nitrogen and oxygen atoms in total. The van der Waals surface area contributed by atoms with E-state index in [1.165, 1.54) is 30.5 Å². The third-order valence-electron chi connectivity index (χ3n) is 7.00. The first-order chi connectivity index (χ1) is 21.0. The lowest BCUT2D eigenvalue weighted by molar-refractivity contribution is -0.126. The van der Waals surface area contributed by atoms with E-state index in [4.69, 9.17) is 14.6 Å². The van der Waals surface area contributed by atoms with Crippen molar-refractivity contribution in [2.24, 2.45) is 0 Å². The van der Waals surface area contributed by atoms with Gasteiger partial charge in [0.25, 0.3) is 11.7 Å². The van der Waals surface area contributed by atoms with Gasteiger partial charge in [0.15, 0.2) is 0 Å². The summed E-state index contributed by atoms with van der Waals surface area (Å²) in [4.78, 5) is 50.0. The van der Waals surface area contributed by atoms with Crippen LogP contribution in [0.25, 0.3) is 28.0 Å². The molecule has 4 aromatic heterocycles. The lowest BCUT2D eigenvalue weighted by Gasteiger charge is -2.34. The number of esters is 1. The van der Waals surface area contributed by atoms with E-state index in [9.17, 15) is 14.4 Å². The van der Waals surface area contributed by atoms with Crippen LogP contribution in [0.3, 0.4) is 0 Å². The van der Waals surface area contributed by atoms with Crippen LogP contribution in [0.1, 0.15) is 20.8 Å². The minimum Gasteiger partial charge on any atom is -0.494 e. The average molecular weight is 587 g/mol. The summed E-state index contributed by atoms with van der Waals surface area (Å²) in [5.41, 5.74) is 2.01. The molecule has 16 heteroatoms. The molecule has 0 spiro atoms. The first-order valence-corrected chi connectivity index (χ1v) is 13.3. The lowest BCUT2D eigenvalue weighted by Crippen LogP contribution is -2.51. The van der Waals surface area contributed by atoms with Crippen molar-refractivity contribution in [3.05, 3.63) is 60.0 Å². The summed E-state index contributed by atoms with van der Waals surface area (Å²) in [6, 6.07) is 10.9. The van der Waals surface area contributed by atoms with Gasteiger partial charge in [0.1, 0.15) is 29.4 Å². The van der Waals surface area contributed by atoms with Gasteiger partial charge >= 0.3 is 5.97 Å². The second kappa shape index (κ2) is 11.7. The van der Waals surface area contributed by atoms with Crippen LogP contribution >= 0.6 is 0 Å². The van der Waals surface area contributed by atoms with Crippen molar-refractivity contribution in [2.45, 2.75) is 0 Å². The quantitative estimate of drug-likeness (QED) is 0.124. The number of hydrogen-bond donors (Lipinski definition) is 3. The number of ether oxygens (including phenoxy) is 2. The van der Waals surface area contributed by atoms with Crippen LogP contribution in [-0.4, -0.2) is 115 Å². The van der Waals surface area contributed by atoms with Crippen molar-refractivity contribution < 1.29 is 29.0 Å². The summed E-state index contributed by atoms with van der Waals surface area (Å²) < 4.78 is 12.0. The summed E-state index contributed by atoms with van der Waals surface area (Å²) in [6.07, 6.45) is 2.85. The first kappa shape index (κ1) is 27.5. The number of piperazine rings is 1. The van der Waals surface area contributed by atoms with Gasteiger partial charge < -0.3 is 29.4 Å². The second-order valence-electron chi connectivity index (χ2n) is 9.49. The van der Waals surface area contributed by atoms with E-state index in [1.54, 1.807) is 4.68 Å². The summed E-state index contributed by atoms with van der Waals surface area (Å²) >= 11 is 0. The topological polar surface area (TPSA) is 197 Å². The van der Waals surface area contributed by atoms with Gasteiger partial charge in [-0.15, -0.1) is 0 Å². The maximum atomic E-state index is 13.5. The molecular formula is C27H26N10O6. The second-order valence-corrected chi connectivity index (χ2v) is 9.49. The van der Waals surface area contributed by atoms with Crippen LogP contribution in [0.15, 0.2) is 48.8 Å². The minimum absolute atomic E-state index is 0.0594. The molecule has 1 fully saturated rings. The van der Waals surface area contributed by atoms with Crippen LogP contribution in [-0.2, 0) is 9.53 Å². The minimum atomic E-state index is -0.709. The Labute approximate surface area is 243 Å². The molecule has 0 aliphatic carbocycles. The van der Waals surface area contributed by atoms with E-state index >= 15 is 0 Å². The SMILES string of the molecule is COc1cnc(-c2cc(C(=O)OCCO)[nH]n2)c2[nH]cc(C(=O)C(=O)N3CCN(c4nnnn4-c4ccccc4)CC3)c12. The molecule has 1 saturated heterocycles. The number of pyridine rings is 1. The maximum Gasteiger partial charge on any atom is 0.356 e. The number of anilines is 1. The van der Waals surface area contributed by atoms with Gasteiger partial charge in [-0.1, -0.05) is 23.3 Å². The number of aromatic amines is 2. The van der Waals surface area contributed by atoms with Crippen molar-refractivity contribution in [3.63, 3.8) is 0 Å². The fraction of sp³-hybridized carbons (Fsp3) is 0.259. The molecule has 1 aromatic carbocycles. The van der Waals surface area contributed by atoms with Crippen LogP contribution in [0, 0.1) is 0 Å². The van der Waals surface area contributed by atoms with Gasteiger partial charge in [0.2, 0.25) is 5.95 Å². The van der Waals surface area contributed by atoms with Gasteiger partial charge in [0, 0.05) is 38.4 Å². The molecule has 0 unspecified atom stereocenters. The number of fused-ring (bicyclic) bond motifs is 1. The molecule has 5 aromatic rings. The van der Waals surface area contributed by atoms with Gasteiger partial charge in [-0.25, -0.2) is 9.78 Å². The molecule has 0 bridgehead atoms. The number of nitrogens with zero attached hydrogens (tertiary/aromatic N) is 8. The molecule has 5 heterocycles. The molecule has 1 amide bonds. The van der Waals surface area contributed by atoms with Crippen LogP contribution in [0.4, 0.5) is 5.95 Å². The molecule has 0 saturated carbocycles. The molecule has 1 aliphatic heterocycles. The zero-order valence-corrected chi connectivity index (χ0v) is 22.9. The highest BCUT2D eigenvalue weighted by Gasteiger charge is 2.31. The Morgan fingerprint density at radius 3 is 2.63 bits per heavy atom. The fourth-order valence-corrected chi connectivity index (χ4v) is 4.89. The van der Waals surface area contributed by atoms with E-state index in [1.807, 2.05) is 35.2 Å². The number of aliphatic hydroxyl groups is 1. The van der Waals surface area contributed by atoms with E-state index < -0.39 is 17.7 Å². The summed E-state index contributed by atoms with van der Waals surface area (Å²) in [6.45, 7) is 0.979. The number of rotatable bonds is 9. The highest BCUT2D eigenvalue weighted by Crippen LogP contribution is 2.34. The number of benzene rings is 1. The molecule has 0 atom stereocenters. The normalized spacial score (nSPS) is 13.3. The Kier molecular flexibility index (Phi) is 7.48. The molecule has 220 valence electrons. The number of Topliss-reactive ketones (excluding diaryl/α,β-unsaturated/α-hetero) is 1. The highest BCUT2D eigenvalue weighted by atomic mass is 16.5. The number of methoxy groups -OCH3 is 1. The Morgan fingerprint density at radius 2 is 1.88 bits per heavy atom. The van der Waals surface area contributed by atoms with Gasteiger partial charge in [0.05, 0.1) is 42.1 Å². The number of aliphatic hydroxyl groups excluding tert-OH is 1. The van der Waals surface area contributed by atoms with E-state index in [0.717, 1.165) is 5.69 Å². The fourth-order valence-electron chi connectivity index (χ4n) is 4.89. The molecule has 43 heavy (non-hydrogen) atoms.